The van der Waals surface area contributed by atoms with Crippen molar-refractivity contribution >= 4 is 12.0 Å². The van der Waals surface area contributed by atoms with Crippen LogP contribution in [0.3, 0.4) is 0 Å². The number of hydrogen-bond donors (Lipinski definition) is 0. The minimum atomic E-state index is -0.487. The lowest BCUT2D eigenvalue weighted by Gasteiger charge is -2.36. The number of carbonyl (C=O) groups is 2. The summed E-state index contributed by atoms with van der Waals surface area (Å²) in [6.45, 7) is 11.3. The van der Waals surface area contributed by atoms with Gasteiger partial charge in [0.05, 0.1) is 0 Å². The molecule has 2 aliphatic heterocycles. The van der Waals surface area contributed by atoms with E-state index in [0.29, 0.717) is 13.1 Å². The van der Waals surface area contributed by atoms with Crippen LogP contribution in [0.5, 0.6) is 0 Å². The molecule has 0 bridgehead atoms. The molecule has 4 rings (SSSR count). The van der Waals surface area contributed by atoms with Gasteiger partial charge in [0, 0.05) is 58.1 Å². The van der Waals surface area contributed by atoms with Crippen molar-refractivity contribution in [1.82, 2.24) is 19.3 Å². The molecule has 2 aromatic rings. The van der Waals surface area contributed by atoms with Crippen molar-refractivity contribution in [1.29, 1.82) is 0 Å². The van der Waals surface area contributed by atoms with Crippen molar-refractivity contribution in [2.45, 2.75) is 51.7 Å². The Labute approximate surface area is 203 Å². The summed E-state index contributed by atoms with van der Waals surface area (Å²) in [6, 6.07) is 14.7. The molecule has 2 amide bonds. The zero-order valence-corrected chi connectivity index (χ0v) is 20.8. The molecular weight excluding hydrogens is 428 g/mol. The van der Waals surface area contributed by atoms with E-state index in [-0.39, 0.29) is 18.0 Å². The molecule has 0 atom stereocenters. The van der Waals surface area contributed by atoms with E-state index in [0.717, 1.165) is 57.7 Å². The summed E-state index contributed by atoms with van der Waals surface area (Å²) in [5.41, 5.74) is 1.63. The lowest BCUT2D eigenvalue weighted by Crippen LogP contribution is -2.49. The summed E-state index contributed by atoms with van der Waals surface area (Å²) < 4.78 is 7.63. The molecule has 2 aliphatic rings. The van der Waals surface area contributed by atoms with Crippen molar-refractivity contribution in [3.8, 4) is 0 Å². The van der Waals surface area contributed by atoms with Crippen LogP contribution in [0.1, 0.15) is 55.7 Å². The highest BCUT2D eigenvalue weighted by Gasteiger charge is 2.30. The predicted octanol–water partition coefficient (Wildman–Crippen LogP) is 4.06. The van der Waals surface area contributed by atoms with Crippen LogP contribution >= 0.6 is 0 Å². The molecule has 0 N–H and O–H groups in total. The van der Waals surface area contributed by atoms with Crippen molar-refractivity contribution in [2.24, 2.45) is 0 Å². The molecule has 3 heterocycles. The minimum absolute atomic E-state index is 0.113. The maximum atomic E-state index is 13.3. The third kappa shape index (κ3) is 6.20. The number of benzene rings is 1. The van der Waals surface area contributed by atoms with Gasteiger partial charge in [0.15, 0.2) is 0 Å². The monoisotopic (exact) mass is 466 g/mol. The first kappa shape index (κ1) is 24.3. The Balaban J connectivity index is 1.27. The molecule has 7 nitrogen and oxygen atoms in total. The van der Waals surface area contributed by atoms with Gasteiger partial charge in [-0.3, -0.25) is 9.69 Å². The van der Waals surface area contributed by atoms with Crippen molar-refractivity contribution in [3.63, 3.8) is 0 Å². The summed E-state index contributed by atoms with van der Waals surface area (Å²) in [6.07, 6.45) is 4.44. The SMILES string of the molecule is CC(C)(C)OC(=O)N1CCC(n2cccc2C(=O)N2CCN(CCc3ccccc3)CC2)CC1. The maximum Gasteiger partial charge on any atom is 0.410 e. The van der Waals surface area contributed by atoms with E-state index in [1.54, 1.807) is 4.90 Å². The van der Waals surface area contributed by atoms with Crippen LogP contribution in [0.25, 0.3) is 0 Å². The lowest BCUT2D eigenvalue weighted by molar-refractivity contribution is 0.0186. The van der Waals surface area contributed by atoms with E-state index >= 15 is 0 Å². The summed E-state index contributed by atoms with van der Waals surface area (Å²) in [4.78, 5) is 31.9. The Kier molecular flexibility index (Phi) is 7.61. The minimum Gasteiger partial charge on any atom is -0.444 e. The summed E-state index contributed by atoms with van der Waals surface area (Å²) >= 11 is 0. The fraction of sp³-hybridized carbons (Fsp3) is 0.556. The normalized spacial score (nSPS) is 18.2. The fourth-order valence-corrected chi connectivity index (χ4v) is 4.81. The number of likely N-dealkylation sites (tertiary alicyclic amines) is 1. The first-order valence-electron chi connectivity index (χ1n) is 12.5. The summed E-state index contributed by atoms with van der Waals surface area (Å²) in [5, 5.41) is 0. The van der Waals surface area contributed by atoms with Crippen molar-refractivity contribution < 1.29 is 14.3 Å². The van der Waals surface area contributed by atoms with Crippen LogP contribution in [0.4, 0.5) is 4.79 Å². The second-order valence-corrected chi connectivity index (χ2v) is 10.4. The third-order valence-electron chi connectivity index (χ3n) is 6.73. The maximum absolute atomic E-state index is 13.3. The third-order valence-corrected chi connectivity index (χ3v) is 6.73. The molecule has 184 valence electrons. The first-order chi connectivity index (χ1) is 16.3. The second kappa shape index (κ2) is 10.6. The molecule has 0 saturated carbocycles. The van der Waals surface area contributed by atoms with Gasteiger partial charge in [-0.05, 0) is 57.7 Å². The number of amides is 2. The Hall–Kier alpha value is -2.80. The Bertz CT molecular complexity index is 950. The van der Waals surface area contributed by atoms with Gasteiger partial charge >= 0.3 is 6.09 Å². The van der Waals surface area contributed by atoms with Gasteiger partial charge in [-0.15, -0.1) is 0 Å². The number of aromatic nitrogens is 1. The quantitative estimate of drug-likeness (QED) is 0.667. The van der Waals surface area contributed by atoms with E-state index in [1.807, 2.05) is 50.1 Å². The average Bonchev–Trinajstić information content (AvgIpc) is 3.32. The molecule has 0 spiro atoms. The van der Waals surface area contributed by atoms with Gasteiger partial charge in [0.25, 0.3) is 5.91 Å². The fourth-order valence-electron chi connectivity index (χ4n) is 4.81. The van der Waals surface area contributed by atoms with Crippen LogP contribution in [0.2, 0.25) is 0 Å². The number of ether oxygens (including phenoxy) is 1. The van der Waals surface area contributed by atoms with Gasteiger partial charge in [-0.25, -0.2) is 4.79 Å². The second-order valence-electron chi connectivity index (χ2n) is 10.4. The lowest BCUT2D eigenvalue weighted by atomic mass is 10.0. The van der Waals surface area contributed by atoms with Gasteiger partial charge in [-0.2, -0.15) is 0 Å². The van der Waals surface area contributed by atoms with E-state index in [4.69, 9.17) is 4.74 Å². The number of carbonyl (C=O) groups excluding carboxylic acids is 2. The first-order valence-corrected chi connectivity index (χ1v) is 12.5. The number of nitrogens with zero attached hydrogens (tertiary/aromatic N) is 4. The number of piperidine rings is 1. The molecule has 0 unspecified atom stereocenters. The Morgan fingerprint density at radius 3 is 2.21 bits per heavy atom. The van der Waals surface area contributed by atoms with Gasteiger partial charge in [-0.1, -0.05) is 30.3 Å². The molecule has 1 aromatic heterocycles. The average molecular weight is 467 g/mol. The Morgan fingerprint density at radius 1 is 0.882 bits per heavy atom. The highest BCUT2D eigenvalue weighted by atomic mass is 16.6. The zero-order valence-electron chi connectivity index (χ0n) is 20.8. The van der Waals surface area contributed by atoms with E-state index < -0.39 is 5.60 Å². The van der Waals surface area contributed by atoms with E-state index in [1.165, 1.54) is 5.56 Å². The van der Waals surface area contributed by atoms with Crippen LogP contribution in [0, 0.1) is 0 Å². The largest absolute Gasteiger partial charge is 0.444 e. The molecule has 2 saturated heterocycles. The molecule has 2 fully saturated rings. The molecule has 0 aliphatic carbocycles. The zero-order chi connectivity index (χ0) is 24.1. The van der Waals surface area contributed by atoms with Crippen molar-refractivity contribution in [2.75, 3.05) is 45.8 Å². The number of piperazine rings is 1. The predicted molar refractivity (Wildman–Crippen MR) is 133 cm³/mol. The number of rotatable bonds is 5. The van der Waals surface area contributed by atoms with Crippen LogP contribution in [0.15, 0.2) is 48.7 Å². The van der Waals surface area contributed by atoms with Crippen LogP contribution in [-0.2, 0) is 11.2 Å². The number of hydrogen-bond acceptors (Lipinski definition) is 4. The van der Waals surface area contributed by atoms with Gasteiger partial charge in [0.2, 0.25) is 0 Å². The Morgan fingerprint density at radius 2 is 1.56 bits per heavy atom. The smallest absolute Gasteiger partial charge is 0.410 e. The van der Waals surface area contributed by atoms with Crippen LogP contribution < -0.4 is 0 Å². The van der Waals surface area contributed by atoms with E-state index in [9.17, 15) is 9.59 Å². The van der Waals surface area contributed by atoms with Crippen molar-refractivity contribution in [3.05, 3.63) is 59.9 Å². The van der Waals surface area contributed by atoms with E-state index in [2.05, 4.69) is 33.7 Å². The molecule has 7 heteroatoms. The molecule has 34 heavy (non-hydrogen) atoms. The van der Waals surface area contributed by atoms with Crippen LogP contribution in [-0.4, -0.2) is 82.7 Å². The topological polar surface area (TPSA) is 58.0 Å². The highest BCUT2D eigenvalue weighted by Crippen LogP contribution is 2.26. The molecule has 0 radical (unpaired) electrons. The molecular formula is C27H38N4O3. The summed E-state index contributed by atoms with van der Waals surface area (Å²) in [7, 11) is 0. The standard InChI is InChI=1S/C27H38N4O3/c1-27(2,3)34-26(33)30-16-12-23(13-17-30)31-14-7-10-24(31)25(32)29-20-18-28(19-21-29)15-11-22-8-5-4-6-9-22/h4-10,14,23H,11-13,15-21H2,1-3H3. The molecule has 1 aromatic carbocycles. The highest BCUT2D eigenvalue weighted by molar-refractivity contribution is 5.93. The van der Waals surface area contributed by atoms with Gasteiger partial charge < -0.3 is 19.1 Å². The van der Waals surface area contributed by atoms with Gasteiger partial charge in [0.1, 0.15) is 11.3 Å². The summed E-state index contributed by atoms with van der Waals surface area (Å²) in [5.74, 6) is 0.113.